The summed E-state index contributed by atoms with van der Waals surface area (Å²) in [6.45, 7) is 0. The van der Waals surface area contributed by atoms with Crippen molar-refractivity contribution in [3.63, 3.8) is 0 Å². The molecule has 2 atom stereocenters. The monoisotopic (exact) mass is 392 g/mol. The Kier molecular flexibility index (Phi) is 5.33. The van der Waals surface area contributed by atoms with Crippen LogP contribution in [0.5, 0.6) is 11.5 Å². The van der Waals surface area contributed by atoms with Crippen LogP contribution in [-0.2, 0) is 0 Å². The fourth-order valence-corrected chi connectivity index (χ4v) is 3.68. The zero-order chi connectivity index (χ0) is 19.5. The third kappa shape index (κ3) is 3.75. The standard InChI is InChI=1S/C23H21ClN2O2/c1-28-22-9-5-3-7-18(22)23-25-19(15-10-12-16(24)13-11-15)14-20(26-23)17-6-2-4-8-21(17)27/h2-13,20,23,26-27H,14H2,1H3/t20-,23-/m1/s1. The van der Waals surface area contributed by atoms with Gasteiger partial charge in [-0.25, -0.2) is 0 Å². The number of phenols is 1. The fourth-order valence-electron chi connectivity index (χ4n) is 3.56. The van der Waals surface area contributed by atoms with E-state index in [9.17, 15) is 5.11 Å². The molecule has 0 saturated heterocycles. The van der Waals surface area contributed by atoms with Gasteiger partial charge in [0.25, 0.3) is 0 Å². The number of aromatic hydroxyl groups is 1. The normalized spacial score (nSPS) is 19.1. The molecule has 2 N–H and O–H groups in total. The molecule has 1 aliphatic rings. The maximum atomic E-state index is 10.4. The van der Waals surface area contributed by atoms with Crippen LogP contribution >= 0.6 is 11.6 Å². The van der Waals surface area contributed by atoms with Crippen LogP contribution in [0.15, 0.2) is 77.8 Å². The number of aliphatic imine (C=N–C) groups is 1. The summed E-state index contributed by atoms with van der Waals surface area (Å²) in [4.78, 5) is 4.97. The van der Waals surface area contributed by atoms with Crippen molar-refractivity contribution in [2.75, 3.05) is 7.11 Å². The van der Waals surface area contributed by atoms with Gasteiger partial charge in [-0.15, -0.1) is 0 Å². The van der Waals surface area contributed by atoms with Crippen LogP contribution in [0.1, 0.15) is 35.3 Å². The Morgan fingerprint density at radius 3 is 2.36 bits per heavy atom. The second kappa shape index (κ2) is 8.05. The first-order chi connectivity index (χ1) is 13.7. The first-order valence-corrected chi connectivity index (χ1v) is 9.53. The van der Waals surface area contributed by atoms with E-state index < -0.39 is 0 Å². The smallest absolute Gasteiger partial charge is 0.129 e. The SMILES string of the molecule is COc1ccccc1[C@@H]1N=C(c2ccc(Cl)cc2)C[C@H](c2ccccc2O)N1. The number of nitrogens with zero attached hydrogens (tertiary/aromatic N) is 1. The molecule has 0 aromatic heterocycles. The highest BCUT2D eigenvalue weighted by molar-refractivity contribution is 6.30. The number of phenolic OH excluding ortho intramolecular Hbond substituents is 1. The number of benzene rings is 3. The number of para-hydroxylation sites is 2. The highest BCUT2D eigenvalue weighted by Crippen LogP contribution is 2.36. The van der Waals surface area contributed by atoms with Crippen molar-refractivity contribution in [1.29, 1.82) is 0 Å². The van der Waals surface area contributed by atoms with E-state index in [0.717, 1.165) is 28.2 Å². The van der Waals surface area contributed by atoms with Crippen LogP contribution < -0.4 is 10.1 Å². The summed E-state index contributed by atoms with van der Waals surface area (Å²) in [5.41, 5.74) is 3.78. The summed E-state index contributed by atoms with van der Waals surface area (Å²) in [5.74, 6) is 1.05. The van der Waals surface area contributed by atoms with Crippen LogP contribution in [0.4, 0.5) is 0 Å². The third-order valence-electron chi connectivity index (χ3n) is 4.96. The Morgan fingerprint density at radius 2 is 1.64 bits per heavy atom. The minimum absolute atomic E-state index is 0.0840. The summed E-state index contributed by atoms with van der Waals surface area (Å²) >= 11 is 6.06. The van der Waals surface area contributed by atoms with E-state index in [-0.39, 0.29) is 18.0 Å². The molecular weight excluding hydrogens is 372 g/mol. The lowest BCUT2D eigenvalue weighted by atomic mass is 9.93. The predicted octanol–water partition coefficient (Wildman–Crippen LogP) is 5.28. The van der Waals surface area contributed by atoms with Gasteiger partial charge in [-0.3, -0.25) is 10.3 Å². The van der Waals surface area contributed by atoms with Gasteiger partial charge in [0.1, 0.15) is 17.7 Å². The van der Waals surface area contributed by atoms with Crippen LogP contribution in [0.25, 0.3) is 0 Å². The molecule has 1 aliphatic heterocycles. The second-order valence-electron chi connectivity index (χ2n) is 6.71. The molecular formula is C23H21ClN2O2. The van der Waals surface area contributed by atoms with Gasteiger partial charge in [0.05, 0.1) is 7.11 Å². The molecule has 4 nitrogen and oxygen atoms in total. The van der Waals surface area contributed by atoms with Crippen molar-refractivity contribution in [2.24, 2.45) is 4.99 Å². The molecule has 4 rings (SSSR count). The quantitative estimate of drug-likeness (QED) is 0.635. The van der Waals surface area contributed by atoms with Gasteiger partial charge < -0.3 is 9.84 Å². The lowest BCUT2D eigenvalue weighted by Crippen LogP contribution is -2.33. The summed E-state index contributed by atoms with van der Waals surface area (Å²) in [7, 11) is 1.66. The van der Waals surface area contributed by atoms with Gasteiger partial charge in [0.2, 0.25) is 0 Å². The maximum Gasteiger partial charge on any atom is 0.129 e. The average Bonchev–Trinajstić information content (AvgIpc) is 2.74. The number of ether oxygens (including phenoxy) is 1. The largest absolute Gasteiger partial charge is 0.508 e. The maximum absolute atomic E-state index is 10.4. The Morgan fingerprint density at radius 1 is 0.964 bits per heavy atom. The molecule has 0 bridgehead atoms. The van der Waals surface area contributed by atoms with Gasteiger partial charge in [0, 0.05) is 34.3 Å². The molecule has 0 spiro atoms. The van der Waals surface area contributed by atoms with E-state index in [1.807, 2.05) is 66.7 Å². The van der Waals surface area contributed by atoms with Crippen molar-refractivity contribution in [1.82, 2.24) is 5.32 Å². The van der Waals surface area contributed by atoms with Gasteiger partial charge in [-0.1, -0.05) is 60.1 Å². The van der Waals surface area contributed by atoms with E-state index in [1.165, 1.54) is 0 Å². The highest BCUT2D eigenvalue weighted by Gasteiger charge is 2.28. The lowest BCUT2D eigenvalue weighted by Gasteiger charge is -2.31. The summed E-state index contributed by atoms with van der Waals surface area (Å²) in [6.07, 6.45) is 0.366. The first-order valence-electron chi connectivity index (χ1n) is 9.15. The molecule has 0 fully saturated rings. The summed E-state index contributed by atoms with van der Waals surface area (Å²) in [5, 5.41) is 14.6. The second-order valence-corrected chi connectivity index (χ2v) is 7.15. The first kappa shape index (κ1) is 18.5. The molecule has 0 amide bonds. The summed E-state index contributed by atoms with van der Waals surface area (Å²) in [6, 6.07) is 22.9. The lowest BCUT2D eigenvalue weighted by molar-refractivity contribution is 0.381. The molecule has 0 aliphatic carbocycles. The van der Waals surface area contributed by atoms with Crippen molar-refractivity contribution in [3.05, 3.63) is 94.5 Å². The number of nitrogens with one attached hydrogen (secondary N) is 1. The van der Waals surface area contributed by atoms with Crippen LogP contribution in [0.2, 0.25) is 5.02 Å². The molecule has 3 aromatic rings. The Hall–Kier alpha value is -2.82. The molecule has 142 valence electrons. The van der Waals surface area contributed by atoms with E-state index in [4.69, 9.17) is 21.3 Å². The highest BCUT2D eigenvalue weighted by atomic mass is 35.5. The number of rotatable bonds is 4. The van der Waals surface area contributed by atoms with E-state index in [0.29, 0.717) is 11.4 Å². The zero-order valence-corrected chi connectivity index (χ0v) is 16.2. The van der Waals surface area contributed by atoms with Crippen molar-refractivity contribution < 1.29 is 9.84 Å². The number of hydrogen-bond donors (Lipinski definition) is 2. The van der Waals surface area contributed by atoms with Gasteiger partial charge in [-0.2, -0.15) is 0 Å². The van der Waals surface area contributed by atoms with E-state index >= 15 is 0 Å². The van der Waals surface area contributed by atoms with Crippen LogP contribution in [0, 0.1) is 0 Å². The Labute approximate surface area is 169 Å². The van der Waals surface area contributed by atoms with E-state index in [1.54, 1.807) is 13.2 Å². The molecule has 1 heterocycles. The minimum atomic E-state index is -0.291. The van der Waals surface area contributed by atoms with Gasteiger partial charge in [0.15, 0.2) is 0 Å². The molecule has 3 aromatic carbocycles. The third-order valence-corrected chi connectivity index (χ3v) is 5.22. The molecule has 0 radical (unpaired) electrons. The molecule has 28 heavy (non-hydrogen) atoms. The van der Waals surface area contributed by atoms with Crippen molar-refractivity contribution in [3.8, 4) is 11.5 Å². The molecule has 5 heteroatoms. The molecule has 0 saturated carbocycles. The number of hydrogen-bond acceptors (Lipinski definition) is 4. The Balaban J connectivity index is 1.78. The van der Waals surface area contributed by atoms with Gasteiger partial charge in [-0.05, 0) is 29.8 Å². The van der Waals surface area contributed by atoms with Crippen LogP contribution in [0.3, 0.4) is 0 Å². The number of methoxy groups -OCH3 is 1. The zero-order valence-electron chi connectivity index (χ0n) is 15.5. The molecule has 0 unspecified atom stereocenters. The number of halogens is 1. The van der Waals surface area contributed by atoms with Gasteiger partial charge >= 0.3 is 0 Å². The van der Waals surface area contributed by atoms with E-state index in [2.05, 4.69) is 5.32 Å². The van der Waals surface area contributed by atoms with Crippen molar-refractivity contribution in [2.45, 2.75) is 18.6 Å². The predicted molar refractivity (Wildman–Crippen MR) is 112 cm³/mol. The topological polar surface area (TPSA) is 53.9 Å². The average molecular weight is 393 g/mol. The minimum Gasteiger partial charge on any atom is -0.508 e. The fraction of sp³-hybridized carbons (Fsp3) is 0.174. The van der Waals surface area contributed by atoms with Crippen molar-refractivity contribution >= 4 is 17.3 Å². The van der Waals surface area contributed by atoms with Crippen LogP contribution in [-0.4, -0.2) is 17.9 Å². The summed E-state index contributed by atoms with van der Waals surface area (Å²) < 4.78 is 5.54. The Bertz CT molecular complexity index is 1000.